The highest BCUT2D eigenvalue weighted by Crippen LogP contribution is 2.15. The summed E-state index contributed by atoms with van der Waals surface area (Å²) in [5.74, 6) is 0. The maximum atomic E-state index is 9.60. The minimum Gasteiger partial charge on any atom is -0.395 e. The molecule has 2 nitrogen and oxygen atoms in total. The molecule has 2 N–H and O–H groups in total. The van der Waals surface area contributed by atoms with Gasteiger partial charge in [-0.25, -0.2) is 0 Å². The van der Waals surface area contributed by atoms with Crippen molar-refractivity contribution < 1.29 is 5.11 Å². The molecule has 0 aliphatic heterocycles. The molecule has 2 rings (SSSR count). The van der Waals surface area contributed by atoms with Crippen LogP contribution in [-0.2, 0) is 12.8 Å². The molecule has 0 spiro atoms. The highest BCUT2D eigenvalue weighted by Gasteiger charge is 2.13. The van der Waals surface area contributed by atoms with Gasteiger partial charge in [0.15, 0.2) is 0 Å². The van der Waals surface area contributed by atoms with Gasteiger partial charge in [-0.05, 0) is 36.5 Å². The molecular formula is C19H25NO. The summed E-state index contributed by atoms with van der Waals surface area (Å²) in [5, 5.41) is 13.1. The molecule has 2 aromatic carbocycles. The molecule has 2 heteroatoms. The highest BCUT2D eigenvalue weighted by atomic mass is 16.3. The van der Waals surface area contributed by atoms with Gasteiger partial charge in [-0.1, -0.05) is 61.5 Å². The van der Waals surface area contributed by atoms with E-state index in [4.69, 9.17) is 0 Å². The van der Waals surface area contributed by atoms with Crippen molar-refractivity contribution in [1.29, 1.82) is 0 Å². The summed E-state index contributed by atoms with van der Waals surface area (Å²) in [6.45, 7) is 4.46. The first-order valence-electron chi connectivity index (χ1n) is 7.72. The van der Waals surface area contributed by atoms with Crippen LogP contribution in [-0.4, -0.2) is 17.8 Å². The van der Waals surface area contributed by atoms with Crippen LogP contribution in [0.2, 0.25) is 0 Å². The Balaban J connectivity index is 1.96. The molecule has 0 aliphatic carbocycles. The lowest BCUT2D eigenvalue weighted by molar-refractivity contribution is 0.232. The zero-order valence-electron chi connectivity index (χ0n) is 12.9. The summed E-state index contributed by atoms with van der Waals surface area (Å²) in [4.78, 5) is 0. The fraction of sp³-hybridized carbons (Fsp3) is 0.368. The first kappa shape index (κ1) is 15.7. The van der Waals surface area contributed by atoms with Gasteiger partial charge in [-0.15, -0.1) is 0 Å². The van der Waals surface area contributed by atoms with Crippen molar-refractivity contribution in [2.45, 2.75) is 38.8 Å². The van der Waals surface area contributed by atoms with E-state index in [1.54, 1.807) is 0 Å². The van der Waals surface area contributed by atoms with E-state index in [0.717, 1.165) is 12.8 Å². The summed E-state index contributed by atoms with van der Waals surface area (Å²) in [7, 11) is 0. The summed E-state index contributed by atoms with van der Waals surface area (Å²) in [6.07, 6.45) is 1.91. The summed E-state index contributed by atoms with van der Waals surface area (Å²) >= 11 is 0. The maximum Gasteiger partial charge on any atom is 0.0588 e. The number of benzene rings is 2. The monoisotopic (exact) mass is 283 g/mol. The van der Waals surface area contributed by atoms with Crippen LogP contribution in [0.15, 0.2) is 54.6 Å². The van der Waals surface area contributed by atoms with Crippen LogP contribution in [0, 0.1) is 0 Å². The fourth-order valence-corrected chi connectivity index (χ4v) is 2.57. The van der Waals surface area contributed by atoms with Crippen LogP contribution in [0.1, 0.15) is 36.6 Å². The van der Waals surface area contributed by atoms with E-state index in [-0.39, 0.29) is 18.7 Å². The number of aliphatic hydroxyl groups excluding tert-OH is 1. The Labute approximate surface area is 127 Å². The molecule has 0 amide bonds. The Hall–Kier alpha value is -1.64. The molecule has 2 atom stereocenters. The van der Waals surface area contributed by atoms with E-state index in [0.29, 0.717) is 0 Å². The van der Waals surface area contributed by atoms with Crippen molar-refractivity contribution in [1.82, 2.24) is 5.32 Å². The van der Waals surface area contributed by atoms with Crippen LogP contribution in [0.3, 0.4) is 0 Å². The van der Waals surface area contributed by atoms with Crippen molar-refractivity contribution in [3.05, 3.63) is 71.3 Å². The van der Waals surface area contributed by atoms with Gasteiger partial charge < -0.3 is 10.4 Å². The van der Waals surface area contributed by atoms with Gasteiger partial charge in [0.05, 0.1) is 6.61 Å². The minimum absolute atomic E-state index is 0.0771. The van der Waals surface area contributed by atoms with E-state index in [1.165, 1.54) is 16.7 Å². The van der Waals surface area contributed by atoms with Gasteiger partial charge in [0, 0.05) is 12.1 Å². The first-order valence-corrected chi connectivity index (χ1v) is 7.72. The third-order valence-electron chi connectivity index (χ3n) is 3.92. The Kier molecular flexibility index (Phi) is 5.97. The summed E-state index contributed by atoms with van der Waals surface area (Å²) in [5.41, 5.74) is 3.87. The zero-order valence-corrected chi connectivity index (χ0v) is 12.9. The molecule has 0 saturated heterocycles. The third-order valence-corrected chi connectivity index (χ3v) is 3.92. The summed E-state index contributed by atoms with van der Waals surface area (Å²) < 4.78 is 0. The largest absolute Gasteiger partial charge is 0.395 e. The predicted octanol–water partition coefficient (Wildman–Crippen LogP) is 3.50. The van der Waals surface area contributed by atoms with Gasteiger partial charge in [0.25, 0.3) is 0 Å². The molecule has 2 aromatic rings. The maximum absolute atomic E-state index is 9.60. The van der Waals surface area contributed by atoms with E-state index >= 15 is 0 Å². The SMILES string of the molecule is CCc1ccc(C(C)N[C@@H](CO)Cc2ccccc2)cc1. The van der Waals surface area contributed by atoms with Gasteiger partial charge in [0.2, 0.25) is 0 Å². The second-order valence-electron chi connectivity index (χ2n) is 5.55. The fourth-order valence-electron chi connectivity index (χ4n) is 2.57. The Morgan fingerprint density at radius 3 is 2.19 bits per heavy atom. The van der Waals surface area contributed by atoms with Gasteiger partial charge in [-0.3, -0.25) is 0 Å². The van der Waals surface area contributed by atoms with Crippen LogP contribution in [0.5, 0.6) is 0 Å². The lowest BCUT2D eigenvalue weighted by Crippen LogP contribution is -2.36. The molecule has 0 saturated carbocycles. The molecule has 0 aromatic heterocycles. The molecular weight excluding hydrogens is 258 g/mol. The average molecular weight is 283 g/mol. The van der Waals surface area contributed by atoms with Crippen LogP contribution < -0.4 is 5.32 Å². The van der Waals surface area contributed by atoms with Crippen molar-refractivity contribution in [2.24, 2.45) is 0 Å². The Bertz CT molecular complexity index is 521. The smallest absolute Gasteiger partial charge is 0.0588 e. The van der Waals surface area contributed by atoms with E-state index in [9.17, 15) is 5.11 Å². The van der Waals surface area contributed by atoms with Gasteiger partial charge in [-0.2, -0.15) is 0 Å². The molecule has 0 bridgehead atoms. The highest BCUT2D eigenvalue weighted by molar-refractivity contribution is 5.25. The van der Waals surface area contributed by atoms with Gasteiger partial charge >= 0.3 is 0 Å². The Morgan fingerprint density at radius 2 is 1.62 bits per heavy atom. The minimum atomic E-state index is 0.0771. The lowest BCUT2D eigenvalue weighted by atomic mass is 10.0. The molecule has 21 heavy (non-hydrogen) atoms. The standard InChI is InChI=1S/C19H25NO/c1-3-16-9-11-18(12-10-16)15(2)20-19(14-21)13-17-7-5-4-6-8-17/h4-12,15,19-21H,3,13-14H2,1-2H3/t15?,19-/m1/s1. The average Bonchev–Trinajstić information content (AvgIpc) is 2.55. The number of rotatable bonds is 7. The quantitative estimate of drug-likeness (QED) is 0.815. The van der Waals surface area contributed by atoms with Crippen LogP contribution in [0.4, 0.5) is 0 Å². The topological polar surface area (TPSA) is 32.3 Å². The van der Waals surface area contributed by atoms with Crippen LogP contribution >= 0.6 is 0 Å². The van der Waals surface area contributed by atoms with E-state index in [1.807, 2.05) is 18.2 Å². The molecule has 112 valence electrons. The molecule has 0 radical (unpaired) electrons. The van der Waals surface area contributed by atoms with E-state index < -0.39 is 0 Å². The summed E-state index contributed by atoms with van der Waals surface area (Å²) in [6, 6.07) is 19.3. The lowest BCUT2D eigenvalue weighted by Gasteiger charge is -2.22. The van der Waals surface area contributed by atoms with Crippen molar-refractivity contribution in [2.75, 3.05) is 6.61 Å². The second-order valence-corrected chi connectivity index (χ2v) is 5.55. The Morgan fingerprint density at radius 1 is 0.952 bits per heavy atom. The first-order chi connectivity index (χ1) is 10.2. The zero-order chi connectivity index (χ0) is 15.1. The molecule has 1 unspecified atom stereocenters. The number of hydrogen-bond donors (Lipinski definition) is 2. The molecule has 0 aliphatic rings. The number of aryl methyl sites for hydroxylation is 1. The van der Waals surface area contributed by atoms with E-state index in [2.05, 4.69) is 55.6 Å². The number of hydrogen-bond acceptors (Lipinski definition) is 2. The van der Waals surface area contributed by atoms with Crippen LogP contribution in [0.25, 0.3) is 0 Å². The van der Waals surface area contributed by atoms with Crippen molar-refractivity contribution in [3.63, 3.8) is 0 Å². The predicted molar refractivity (Wildman–Crippen MR) is 88.4 cm³/mol. The van der Waals surface area contributed by atoms with Crippen molar-refractivity contribution in [3.8, 4) is 0 Å². The normalized spacial score (nSPS) is 13.9. The second kappa shape index (κ2) is 7.96. The molecule has 0 heterocycles. The molecule has 0 fully saturated rings. The van der Waals surface area contributed by atoms with Gasteiger partial charge in [0.1, 0.15) is 0 Å². The third kappa shape index (κ3) is 4.69. The number of nitrogens with one attached hydrogen (secondary N) is 1. The number of aliphatic hydroxyl groups is 1. The van der Waals surface area contributed by atoms with Crippen molar-refractivity contribution >= 4 is 0 Å².